The molecule has 1 aliphatic rings. The van der Waals surface area contributed by atoms with Crippen LogP contribution in [0, 0.1) is 10.1 Å². The molecule has 0 spiro atoms. The number of hydrogen-bond donors (Lipinski definition) is 0. The lowest BCUT2D eigenvalue weighted by Crippen LogP contribution is -2.41. The number of methoxy groups -OCH3 is 2. The summed E-state index contributed by atoms with van der Waals surface area (Å²) in [5.74, 6) is 1.55. The van der Waals surface area contributed by atoms with Gasteiger partial charge in [-0.15, -0.1) is 0 Å². The van der Waals surface area contributed by atoms with Crippen LogP contribution in [-0.4, -0.2) is 43.1 Å². The summed E-state index contributed by atoms with van der Waals surface area (Å²) in [4.78, 5) is 25.5. The Labute approximate surface area is 203 Å². The Balaban J connectivity index is 1.63. The van der Waals surface area contributed by atoms with Crippen molar-refractivity contribution >= 4 is 17.7 Å². The summed E-state index contributed by atoms with van der Waals surface area (Å²) in [5.41, 5.74) is 2.89. The highest BCUT2D eigenvalue weighted by molar-refractivity contribution is 5.92. The molecule has 0 fully saturated rings. The molecule has 0 saturated heterocycles. The molecular weight excluding hydrogens is 448 g/mol. The van der Waals surface area contributed by atoms with Crippen molar-refractivity contribution in [1.82, 2.24) is 4.90 Å². The molecule has 8 heteroatoms. The number of hydrogen-bond acceptors (Lipinski definition) is 6. The zero-order valence-corrected chi connectivity index (χ0v) is 19.5. The Morgan fingerprint density at radius 2 is 1.74 bits per heavy atom. The molecule has 1 amide bonds. The number of non-ortho nitro benzene ring substituents is 1. The van der Waals surface area contributed by atoms with Gasteiger partial charge in [0.05, 0.1) is 25.2 Å². The van der Waals surface area contributed by atoms with Gasteiger partial charge in [-0.25, -0.2) is 0 Å². The second-order valence-corrected chi connectivity index (χ2v) is 8.01. The fourth-order valence-corrected chi connectivity index (χ4v) is 4.14. The van der Waals surface area contributed by atoms with Crippen molar-refractivity contribution in [1.29, 1.82) is 0 Å². The smallest absolute Gasteiger partial charge is 0.269 e. The van der Waals surface area contributed by atoms with Crippen molar-refractivity contribution in [2.24, 2.45) is 0 Å². The molecule has 0 N–H and O–H groups in total. The molecule has 3 aromatic rings. The topological polar surface area (TPSA) is 91.1 Å². The number of ether oxygens (including phenoxy) is 3. The van der Waals surface area contributed by atoms with Crippen LogP contribution in [0.1, 0.15) is 22.7 Å². The van der Waals surface area contributed by atoms with Crippen molar-refractivity contribution in [2.75, 3.05) is 27.4 Å². The van der Waals surface area contributed by atoms with Gasteiger partial charge in [0, 0.05) is 24.8 Å². The third-order valence-corrected chi connectivity index (χ3v) is 5.96. The predicted molar refractivity (Wildman–Crippen MR) is 132 cm³/mol. The van der Waals surface area contributed by atoms with Gasteiger partial charge in [-0.3, -0.25) is 14.9 Å². The fourth-order valence-electron chi connectivity index (χ4n) is 4.14. The van der Waals surface area contributed by atoms with Gasteiger partial charge in [0.2, 0.25) is 5.91 Å². The maximum atomic E-state index is 13.3. The molecule has 0 saturated carbocycles. The average Bonchev–Trinajstić information content (AvgIpc) is 2.90. The second kappa shape index (κ2) is 10.7. The minimum Gasteiger partial charge on any atom is -0.493 e. The molecule has 180 valence electrons. The second-order valence-electron chi connectivity index (χ2n) is 8.01. The quantitative estimate of drug-likeness (QED) is 0.264. The Bertz CT molecular complexity index is 1220. The van der Waals surface area contributed by atoms with E-state index in [1.807, 2.05) is 42.5 Å². The fraction of sp³-hybridized carbons (Fsp3) is 0.222. The summed E-state index contributed by atoms with van der Waals surface area (Å²) in [5, 5.41) is 10.9. The summed E-state index contributed by atoms with van der Waals surface area (Å²) in [6.45, 7) is 0.681. The highest BCUT2D eigenvalue weighted by Crippen LogP contribution is 2.38. The Hall–Kier alpha value is -4.33. The molecule has 3 aromatic carbocycles. The lowest BCUT2D eigenvalue weighted by molar-refractivity contribution is -0.384. The van der Waals surface area contributed by atoms with Gasteiger partial charge in [0.25, 0.3) is 5.69 Å². The number of rotatable bonds is 8. The maximum absolute atomic E-state index is 13.3. The summed E-state index contributed by atoms with van der Waals surface area (Å²) in [6.07, 6.45) is 4.02. The molecule has 0 unspecified atom stereocenters. The van der Waals surface area contributed by atoms with Crippen molar-refractivity contribution in [3.63, 3.8) is 0 Å². The third kappa shape index (κ3) is 5.43. The molecule has 0 radical (unpaired) electrons. The van der Waals surface area contributed by atoms with Gasteiger partial charge in [0.1, 0.15) is 12.4 Å². The van der Waals surface area contributed by atoms with Gasteiger partial charge < -0.3 is 19.1 Å². The van der Waals surface area contributed by atoms with Crippen LogP contribution in [0.5, 0.6) is 17.2 Å². The van der Waals surface area contributed by atoms with E-state index in [-0.39, 0.29) is 24.2 Å². The molecule has 0 aliphatic carbocycles. The van der Waals surface area contributed by atoms with Gasteiger partial charge in [-0.05, 0) is 53.5 Å². The first-order valence-electron chi connectivity index (χ1n) is 11.2. The largest absolute Gasteiger partial charge is 0.493 e. The Morgan fingerprint density at radius 1 is 1.06 bits per heavy atom. The lowest BCUT2D eigenvalue weighted by atomic mass is 9.92. The van der Waals surface area contributed by atoms with E-state index in [4.69, 9.17) is 14.2 Å². The highest BCUT2D eigenvalue weighted by atomic mass is 16.6. The maximum Gasteiger partial charge on any atom is 0.269 e. The Morgan fingerprint density at radius 3 is 2.40 bits per heavy atom. The van der Waals surface area contributed by atoms with Gasteiger partial charge in [-0.2, -0.15) is 0 Å². The number of carbonyl (C=O) groups excluding carboxylic acids is 1. The van der Waals surface area contributed by atoms with Crippen molar-refractivity contribution in [3.05, 3.63) is 99.6 Å². The number of nitro benzene ring substituents is 1. The van der Waals surface area contributed by atoms with Crippen LogP contribution in [0.4, 0.5) is 5.69 Å². The summed E-state index contributed by atoms with van der Waals surface area (Å²) in [6, 6.07) is 19.0. The molecular formula is C27H26N2O6. The lowest BCUT2D eigenvalue weighted by Gasteiger charge is -2.37. The van der Waals surface area contributed by atoms with E-state index in [0.29, 0.717) is 30.2 Å². The summed E-state index contributed by atoms with van der Waals surface area (Å²) < 4.78 is 17.0. The van der Waals surface area contributed by atoms with Crippen LogP contribution in [0.25, 0.3) is 6.08 Å². The number of carbonyl (C=O) groups is 1. The van der Waals surface area contributed by atoms with E-state index >= 15 is 0 Å². The molecule has 0 aromatic heterocycles. The molecule has 35 heavy (non-hydrogen) atoms. The van der Waals surface area contributed by atoms with Crippen molar-refractivity contribution in [2.45, 2.75) is 12.5 Å². The number of benzene rings is 3. The first-order valence-corrected chi connectivity index (χ1v) is 11.2. The Kier molecular flexibility index (Phi) is 7.30. The molecule has 1 atom stereocenters. The van der Waals surface area contributed by atoms with Crippen molar-refractivity contribution < 1.29 is 23.9 Å². The van der Waals surface area contributed by atoms with Gasteiger partial charge in [0.15, 0.2) is 11.5 Å². The van der Waals surface area contributed by atoms with E-state index in [1.165, 1.54) is 12.1 Å². The molecule has 8 nitrogen and oxygen atoms in total. The van der Waals surface area contributed by atoms with Crippen LogP contribution in [0.3, 0.4) is 0 Å². The first kappa shape index (κ1) is 23.8. The minimum absolute atomic E-state index is 0.0138. The monoisotopic (exact) mass is 474 g/mol. The van der Waals surface area contributed by atoms with Crippen LogP contribution in [0.2, 0.25) is 0 Å². The summed E-state index contributed by atoms with van der Waals surface area (Å²) in [7, 11) is 3.16. The number of nitro groups is 1. The highest BCUT2D eigenvalue weighted by Gasteiger charge is 2.32. The minimum atomic E-state index is -0.458. The van der Waals surface area contributed by atoms with Crippen LogP contribution in [0.15, 0.2) is 72.8 Å². The molecule has 4 rings (SSSR count). The standard InChI is InChI=1S/C27H26N2O6/c1-33-25-16-20-14-15-28(27(30)13-8-19-6-4-3-5-7-19)24(23(20)17-26(25)34-2)18-35-22-11-9-21(10-12-22)29(31)32/h3-13,16-17,24H,14-15,18H2,1-2H3/b13-8+/t24-/m0/s1. The number of nitrogens with zero attached hydrogens (tertiary/aromatic N) is 2. The van der Waals surface area contributed by atoms with E-state index in [0.717, 1.165) is 16.7 Å². The third-order valence-electron chi connectivity index (χ3n) is 5.96. The zero-order chi connectivity index (χ0) is 24.8. The SMILES string of the molecule is COc1cc2c(cc1OC)[C@H](COc1ccc([N+](=O)[O-])cc1)N(C(=O)/C=C/c1ccccc1)CC2. The van der Waals surface area contributed by atoms with Crippen LogP contribution >= 0.6 is 0 Å². The zero-order valence-electron chi connectivity index (χ0n) is 19.5. The van der Waals surface area contributed by atoms with E-state index in [9.17, 15) is 14.9 Å². The molecule has 1 aliphatic heterocycles. The van der Waals surface area contributed by atoms with Crippen molar-refractivity contribution in [3.8, 4) is 17.2 Å². The normalized spacial score (nSPS) is 14.9. The van der Waals surface area contributed by atoms with Crippen LogP contribution in [-0.2, 0) is 11.2 Å². The van der Waals surface area contributed by atoms with Crippen LogP contribution < -0.4 is 14.2 Å². The summed E-state index contributed by atoms with van der Waals surface area (Å²) >= 11 is 0. The van der Waals surface area contributed by atoms with Gasteiger partial charge in [-0.1, -0.05) is 30.3 Å². The number of fused-ring (bicyclic) bond motifs is 1. The van der Waals surface area contributed by atoms with E-state index < -0.39 is 4.92 Å². The average molecular weight is 475 g/mol. The predicted octanol–water partition coefficient (Wildman–Crippen LogP) is 4.83. The molecule has 1 heterocycles. The first-order chi connectivity index (χ1) is 17.0. The van der Waals surface area contributed by atoms with Gasteiger partial charge >= 0.3 is 0 Å². The number of amides is 1. The van der Waals surface area contributed by atoms with E-state index in [1.54, 1.807) is 43.4 Å². The van der Waals surface area contributed by atoms with E-state index in [2.05, 4.69) is 0 Å². The molecule has 0 bridgehead atoms.